The quantitative estimate of drug-likeness (QED) is 0.668. The molecule has 23 heavy (non-hydrogen) atoms. The zero-order valence-corrected chi connectivity index (χ0v) is 14.8. The summed E-state index contributed by atoms with van der Waals surface area (Å²) >= 11 is 0. The van der Waals surface area contributed by atoms with Gasteiger partial charge in [0.2, 0.25) is 0 Å². The van der Waals surface area contributed by atoms with Crippen LogP contribution in [0.3, 0.4) is 0 Å². The summed E-state index contributed by atoms with van der Waals surface area (Å²) < 4.78 is 0. The number of allylic oxidation sites excluding steroid dienone is 3. The molecule has 1 heterocycles. The van der Waals surface area contributed by atoms with Crippen molar-refractivity contribution in [3.8, 4) is 0 Å². The molecule has 0 saturated carbocycles. The number of amides is 2. The third-order valence-corrected chi connectivity index (χ3v) is 3.58. The Bertz CT molecular complexity index is 579. The van der Waals surface area contributed by atoms with Gasteiger partial charge >= 0.3 is 0 Å². The number of hydrogen-bond acceptors (Lipinski definition) is 2. The highest BCUT2D eigenvalue weighted by Gasteiger charge is 2.36. The van der Waals surface area contributed by atoms with Crippen molar-refractivity contribution < 1.29 is 9.59 Å². The summed E-state index contributed by atoms with van der Waals surface area (Å²) in [6.45, 7) is 10.1. The molecule has 1 atom stereocenters. The number of imide groups is 1. The van der Waals surface area contributed by atoms with E-state index in [0.29, 0.717) is 22.7 Å². The van der Waals surface area contributed by atoms with Gasteiger partial charge in [0.1, 0.15) is 0 Å². The largest absolute Gasteiger partial charge is 0.268 e. The lowest BCUT2D eigenvalue weighted by atomic mass is 10.1. The summed E-state index contributed by atoms with van der Waals surface area (Å²) in [6.07, 6.45) is 7.93. The van der Waals surface area contributed by atoms with Crippen molar-refractivity contribution in [2.45, 2.75) is 47.5 Å². The van der Waals surface area contributed by atoms with Crippen molar-refractivity contribution in [3.63, 3.8) is 0 Å². The van der Waals surface area contributed by atoms with Crippen LogP contribution in [0.25, 0.3) is 0 Å². The summed E-state index contributed by atoms with van der Waals surface area (Å²) in [4.78, 5) is 26.0. The van der Waals surface area contributed by atoms with E-state index in [0.717, 1.165) is 12.8 Å². The molecule has 0 aromatic heterocycles. The van der Waals surface area contributed by atoms with Gasteiger partial charge < -0.3 is 0 Å². The fourth-order valence-electron chi connectivity index (χ4n) is 2.57. The van der Waals surface area contributed by atoms with Gasteiger partial charge in [-0.05, 0) is 37.0 Å². The van der Waals surface area contributed by atoms with Gasteiger partial charge in [0.25, 0.3) is 11.8 Å². The molecule has 3 rings (SSSR count). The fraction of sp³-hybridized carbons (Fsp3) is 0.400. The predicted octanol–water partition coefficient (Wildman–Crippen LogP) is 5.21. The highest BCUT2D eigenvalue weighted by atomic mass is 16.2. The number of nitrogens with zero attached hydrogens (tertiary/aromatic N) is 1. The van der Waals surface area contributed by atoms with Gasteiger partial charge in [0, 0.05) is 5.70 Å². The zero-order valence-electron chi connectivity index (χ0n) is 14.8. The van der Waals surface area contributed by atoms with Crippen LogP contribution >= 0.6 is 0 Å². The summed E-state index contributed by atoms with van der Waals surface area (Å²) in [5.74, 6) is -0.0643. The minimum atomic E-state index is -0.217. The van der Waals surface area contributed by atoms with Gasteiger partial charge in [0.05, 0.1) is 11.1 Å². The van der Waals surface area contributed by atoms with Crippen molar-refractivity contribution in [2.24, 2.45) is 5.92 Å². The van der Waals surface area contributed by atoms with Crippen LogP contribution in [0.5, 0.6) is 0 Å². The molecule has 0 saturated heterocycles. The van der Waals surface area contributed by atoms with E-state index in [1.807, 2.05) is 45.9 Å². The Kier molecular flexibility index (Phi) is 7.46. The zero-order chi connectivity index (χ0) is 17.4. The minimum absolute atomic E-state index is 0.217. The maximum atomic E-state index is 12.4. The molecule has 0 fully saturated rings. The topological polar surface area (TPSA) is 37.4 Å². The minimum Gasteiger partial charge on any atom is -0.268 e. The Morgan fingerprint density at radius 3 is 2.00 bits per heavy atom. The SMILES string of the molecule is CC.CC.CC1C=C(N2C(=O)c3ccccc3C2=O)C=CCC1. The lowest BCUT2D eigenvalue weighted by Crippen LogP contribution is -2.28. The van der Waals surface area contributed by atoms with Crippen LogP contribution in [0, 0.1) is 5.92 Å². The van der Waals surface area contributed by atoms with E-state index in [2.05, 4.69) is 6.92 Å². The van der Waals surface area contributed by atoms with Gasteiger partial charge in [-0.2, -0.15) is 0 Å². The predicted molar refractivity (Wildman–Crippen MR) is 95.3 cm³/mol. The molecule has 124 valence electrons. The third-order valence-electron chi connectivity index (χ3n) is 3.58. The van der Waals surface area contributed by atoms with Gasteiger partial charge in [-0.1, -0.05) is 58.9 Å². The van der Waals surface area contributed by atoms with E-state index in [1.165, 1.54) is 4.90 Å². The second-order valence-electron chi connectivity index (χ2n) is 5.04. The van der Waals surface area contributed by atoms with Crippen molar-refractivity contribution in [1.82, 2.24) is 4.90 Å². The Morgan fingerprint density at radius 2 is 1.48 bits per heavy atom. The second-order valence-corrected chi connectivity index (χ2v) is 5.04. The normalized spacial score (nSPS) is 18.9. The van der Waals surface area contributed by atoms with E-state index in [4.69, 9.17) is 0 Å². The maximum Gasteiger partial charge on any atom is 0.266 e. The number of fused-ring (bicyclic) bond motifs is 1. The highest BCUT2D eigenvalue weighted by molar-refractivity contribution is 6.22. The Labute approximate surface area is 139 Å². The van der Waals surface area contributed by atoms with Crippen LogP contribution in [-0.2, 0) is 0 Å². The Balaban J connectivity index is 0.000000615. The molecule has 1 aromatic carbocycles. The van der Waals surface area contributed by atoms with Crippen molar-refractivity contribution in [2.75, 3.05) is 0 Å². The van der Waals surface area contributed by atoms with E-state index < -0.39 is 0 Å². The standard InChI is InChI=1S/C16H15NO2.2C2H6/c1-11-6-2-3-7-12(10-11)17-15(18)13-8-4-5-9-14(13)16(17)19;2*1-2/h3-5,7-11H,2,6H2,1H3;2*1-2H3. The van der Waals surface area contributed by atoms with Crippen LogP contribution in [0.1, 0.15) is 68.2 Å². The summed E-state index contributed by atoms with van der Waals surface area (Å²) in [5, 5.41) is 0. The van der Waals surface area contributed by atoms with Crippen molar-refractivity contribution in [1.29, 1.82) is 0 Å². The van der Waals surface area contributed by atoms with Crippen LogP contribution in [-0.4, -0.2) is 16.7 Å². The van der Waals surface area contributed by atoms with Crippen molar-refractivity contribution >= 4 is 11.8 Å². The maximum absolute atomic E-state index is 12.4. The Morgan fingerprint density at radius 1 is 0.957 bits per heavy atom. The molecule has 1 aliphatic heterocycles. The highest BCUT2D eigenvalue weighted by Crippen LogP contribution is 2.28. The molecule has 1 unspecified atom stereocenters. The molecule has 2 amide bonds. The summed E-state index contributed by atoms with van der Waals surface area (Å²) in [7, 11) is 0. The molecular formula is C20H27NO2. The fourth-order valence-corrected chi connectivity index (χ4v) is 2.57. The first kappa shape index (κ1) is 18.9. The first-order chi connectivity index (χ1) is 11.2. The molecular weight excluding hydrogens is 286 g/mol. The molecule has 1 aliphatic carbocycles. The van der Waals surface area contributed by atoms with Crippen LogP contribution in [0.15, 0.2) is 48.2 Å². The smallest absolute Gasteiger partial charge is 0.266 e. The molecule has 0 N–H and O–H groups in total. The molecule has 0 spiro atoms. The van der Waals surface area contributed by atoms with Crippen LogP contribution < -0.4 is 0 Å². The summed E-state index contributed by atoms with van der Waals surface area (Å²) in [5.41, 5.74) is 1.70. The lowest BCUT2D eigenvalue weighted by Gasteiger charge is -2.15. The number of carbonyl (C=O) groups excluding carboxylic acids is 2. The number of hydrogen-bond donors (Lipinski definition) is 0. The van der Waals surface area contributed by atoms with Gasteiger partial charge in [0.15, 0.2) is 0 Å². The lowest BCUT2D eigenvalue weighted by molar-refractivity contribution is 0.0709. The van der Waals surface area contributed by atoms with E-state index in [9.17, 15) is 9.59 Å². The van der Waals surface area contributed by atoms with Gasteiger partial charge in [-0.15, -0.1) is 0 Å². The van der Waals surface area contributed by atoms with Gasteiger partial charge in [-0.25, -0.2) is 4.90 Å². The van der Waals surface area contributed by atoms with Crippen molar-refractivity contribution in [3.05, 3.63) is 59.3 Å². The van der Waals surface area contributed by atoms with Crippen LogP contribution in [0.2, 0.25) is 0 Å². The van der Waals surface area contributed by atoms with Crippen LogP contribution in [0.4, 0.5) is 0 Å². The number of benzene rings is 1. The molecule has 3 nitrogen and oxygen atoms in total. The van der Waals surface area contributed by atoms with E-state index in [1.54, 1.807) is 24.3 Å². The Hall–Kier alpha value is -2.16. The van der Waals surface area contributed by atoms with E-state index in [-0.39, 0.29) is 11.8 Å². The van der Waals surface area contributed by atoms with Gasteiger partial charge in [-0.3, -0.25) is 9.59 Å². The molecule has 1 aromatic rings. The summed E-state index contributed by atoms with van der Waals surface area (Å²) in [6, 6.07) is 6.99. The second kappa shape index (κ2) is 9.09. The average molecular weight is 313 g/mol. The van der Waals surface area contributed by atoms with E-state index >= 15 is 0 Å². The number of carbonyl (C=O) groups is 2. The number of rotatable bonds is 1. The third kappa shape index (κ3) is 3.98. The first-order valence-electron chi connectivity index (χ1n) is 8.54. The monoisotopic (exact) mass is 313 g/mol. The first-order valence-corrected chi connectivity index (χ1v) is 8.54. The molecule has 0 bridgehead atoms. The molecule has 3 heteroatoms. The molecule has 0 radical (unpaired) electrons. The molecule has 2 aliphatic rings. The average Bonchev–Trinajstić information content (AvgIpc) is 2.73.